The minimum absolute atomic E-state index is 0.0774. The number of nitriles is 1. The Kier molecular flexibility index (Phi) is 13.3. The predicted molar refractivity (Wildman–Crippen MR) is 218 cm³/mol. The van der Waals surface area contributed by atoms with Gasteiger partial charge < -0.3 is 25.8 Å². The number of ether oxygens (including phenoxy) is 2. The number of carbonyl (C=O) groups is 3. The van der Waals surface area contributed by atoms with Crippen molar-refractivity contribution in [3.05, 3.63) is 64.0 Å². The quantitative estimate of drug-likeness (QED) is 0.161. The van der Waals surface area contributed by atoms with Crippen molar-refractivity contribution in [3.63, 3.8) is 0 Å². The number of nitrogens with two attached hydrogens (primary N) is 1. The van der Waals surface area contributed by atoms with Crippen molar-refractivity contribution in [2.45, 2.75) is 116 Å². The molecule has 3 heterocycles. The topological polar surface area (TPSA) is 169 Å². The van der Waals surface area contributed by atoms with Crippen molar-refractivity contribution in [1.29, 1.82) is 5.26 Å². The van der Waals surface area contributed by atoms with E-state index >= 15 is 0 Å². The molecule has 1 fully saturated rings. The SMILES string of the molecule is CC(C)(C)OC(=O)NC1CCC(=O)CC1.CC(C)(C)OC(=O)NC1CCc2c(sc(N)c2-c2nc3ccccc3s2)C1.N#CCc1nc2ccccc2s1. The monoisotopic (exact) mass is 788 g/mol. The molecule has 3 aromatic heterocycles. The van der Waals surface area contributed by atoms with Crippen LogP contribution in [0, 0.1) is 11.3 Å². The third-order valence-corrected chi connectivity index (χ3v) is 11.5. The first-order valence-corrected chi connectivity index (χ1v) is 20.5. The van der Waals surface area contributed by atoms with Crippen LogP contribution in [0.4, 0.5) is 14.6 Å². The van der Waals surface area contributed by atoms with Crippen LogP contribution < -0.4 is 16.4 Å². The maximum absolute atomic E-state index is 12.1. The number of ketones is 1. The highest BCUT2D eigenvalue weighted by molar-refractivity contribution is 7.22. The molecule has 0 bridgehead atoms. The number of rotatable bonds is 4. The van der Waals surface area contributed by atoms with Crippen LogP contribution in [0.3, 0.4) is 0 Å². The number of thiophene rings is 1. The summed E-state index contributed by atoms with van der Waals surface area (Å²) < 4.78 is 12.8. The Morgan fingerprint density at radius 2 is 1.35 bits per heavy atom. The number of Topliss-reactive ketones (excluding diaryl/α,β-unsaturated/α-hetero) is 1. The minimum Gasteiger partial charge on any atom is -0.444 e. The van der Waals surface area contributed by atoms with Crippen LogP contribution in [0.1, 0.15) is 89.1 Å². The van der Waals surface area contributed by atoms with E-state index < -0.39 is 11.2 Å². The maximum Gasteiger partial charge on any atom is 0.407 e. The van der Waals surface area contributed by atoms with Gasteiger partial charge in [0.05, 0.1) is 37.9 Å². The van der Waals surface area contributed by atoms with E-state index in [4.69, 9.17) is 25.5 Å². The number of hydrogen-bond donors (Lipinski definition) is 3. The highest BCUT2D eigenvalue weighted by atomic mass is 32.1. The molecule has 5 aromatic rings. The Bertz CT molecular complexity index is 2060. The van der Waals surface area contributed by atoms with Gasteiger partial charge in [-0.25, -0.2) is 19.6 Å². The number of nitrogens with zero attached hydrogens (tertiary/aromatic N) is 3. The molecule has 2 amide bonds. The lowest BCUT2D eigenvalue weighted by molar-refractivity contribution is -0.120. The lowest BCUT2D eigenvalue weighted by Gasteiger charge is -2.26. The lowest BCUT2D eigenvalue weighted by atomic mass is 9.92. The normalized spacial score (nSPS) is 15.9. The Morgan fingerprint density at radius 1 is 0.815 bits per heavy atom. The molecule has 54 heavy (non-hydrogen) atoms. The predicted octanol–water partition coefficient (Wildman–Crippen LogP) is 9.37. The highest BCUT2D eigenvalue weighted by Crippen LogP contribution is 2.44. The number of carbonyl (C=O) groups excluding carboxylic acids is 3. The standard InChI is InChI=1S/C20H23N3O2S2.C11H19NO3.C9H6N2S/c1-20(2,3)25-19(24)22-11-8-9-12-15(10-11)26-17(21)16(12)18-23-13-6-4-5-7-14(13)27-18;1-11(2,3)15-10(14)12-8-4-6-9(13)7-5-8;10-6-5-9-11-7-3-1-2-4-8(7)12-9/h4-7,11H,8-10,21H2,1-3H3,(H,22,24);8H,4-7H2,1-3H3,(H,12,14);1-4H,5H2. The number of fused-ring (bicyclic) bond motifs is 3. The van der Waals surface area contributed by atoms with E-state index in [0.717, 1.165) is 68.4 Å². The Balaban J connectivity index is 0.000000175. The number of nitrogen functional groups attached to an aromatic ring is 1. The summed E-state index contributed by atoms with van der Waals surface area (Å²) in [5, 5.41) is 17.0. The van der Waals surface area contributed by atoms with Gasteiger partial charge in [0, 0.05) is 41.8 Å². The van der Waals surface area contributed by atoms with Crippen LogP contribution in [-0.2, 0) is 33.5 Å². The molecule has 7 rings (SSSR count). The van der Waals surface area contributed by atoms with Crippen molar-refractivity contribution in [1.82, 2.24) is 20.6 Å². The van der Waals surface area contributed by atoms with Gasteiger partial charge in [0.1, 0.15) is 27.0 Å². The van der Waals surface area contributed by atoms with Crippen molar-refractivity contribution in [3.8, 4) is 16.6 Å². The Hall–Kier alpha value is -4.58. The summed E-state index contributed by atoms with van der Waals surface area (Å²) >= 11 is 4.89. The molecule has 1 saturated carbocycles. The summed E-state index contributed by atoms with van der Waals surface area (Å²) in [6.07, 6.45) is 4.83. The zero-order valence-electron chi connectivity index (χ0n) is 31.6. The fourth-order valence-corrected chi connectivity index (χ4v) is 9.26. The summed E-state index contributed by atoms with van der Waals surface area (Å²) in [5.74, 6) is 0.289. The molecule has 2 aromatic carbocycles. The third-order valence-electron chi connectivity index (χ3n) is 8.35. The summed E-state index contributed by atoms with van der Waals surface area (Å²) in [4.78, 5) is 44.8. The van der Waals surface area contributed by atoms with Crippen molar-refractivity contribution < 1.29 is 23.9 Å². The molecular weight excluding hydrogens is 741 g/mol. The van der Waals surface area contributed by atoms with Crippen LogP contribution >= 0.6 is 34.0 Å². The molecule has 11 nitrogen and oxygen atoms in total. The molecule has 0 saturated heterocycles. The first-order chi connectivity index (χ1) is 25.6. The fraction of sp³-hybridized carbons (Fsp3) is 0.450. The fourth-order valence-electron chi connectivity index (χ4n) is 6.04. The summed E-state index contributed by atoms with van der Waals surface area (Å²) in [6.45, 7) is 11.1. The van der Waals surface area contributed by atoms with E-state index in [1.807, 2.05) is 84.0 Å². The molecule has 2 aliphatic rings. The van der Waals surface area contributed by atoms with Crippen LogP contribution in [-0.4, -0.2) is 51.2 Å². The third kappa shape index (κ3) is 11.7. The van der Waals surface area contributed by atoms with Gasteiger partial charge in [-0.2, -0.15) is 5.26 Å². The van der Waals surface area contributed by atoms with Crippen molar-refractivity contribution in [2.24, 2.45) is 0 Å². The van der Waals surface area contributed by atoms with Crippen molar-refractivity contribution in [2.75, 3.05) is 5.73 Å². The van der Waals surface area contributed by atoms with Gasteiger partial charge >= 0.3 is 12.2 Å². The number of hydrogen-bond acceptors (Lipinski definition) is 12. The first kappa shape index (κ1) is 40.6. The number of alkyl carbamates (subject to hydrolysis) is 2. The Labute approximate surface area is 328 Å². The summed E-state index contributed by atoms with van der Waals surface area (Å²) in [5.41, 5.74) is 9.81. The molecule has 4 N–H and O–H groups in total. The molecule has 14 heteroatoms. The summed E-state index contributed by atoms with van der Waals surface area (Å²) in [7, 11) is 0. The van der Waals surface area contributed by atoms with E-state index in [2.05, 4.69) is 27.8 Å². The molecular formula is C40H48N6O5S3. The molecule has 286 valence electrons. The second-order valence-electron chi connectivity index (χ2n) is 15.2. The van der Waals surface area contributed by atoms with Gasteiger partial charge in [0.2, 0.25) is 0 Å². The smallest absolute Gasteiger partial charge is 0.407 e. The molecule has 0 spiro atoms. The van der Waals surface area contributed by atoms with Gasteiger partial charge in [0.25, 0.3) is 0 Å². The number of benzene rings is 2. The van der Waals surface area contributed by atoms with Gasteiger partial charge in [-0.1, -0.05) is 24.3 Å². The molecule has 0 aliphatic heterocycles. The number of para-hydroxylation sites is 2. The average Bonchev–Trinajstić information content (AvgIpc) is 3.78. The molecule has 1 atom stereocenters. The van der Waals surface area contributed by atoms with Gasteiger partial charge in [0.15, 0.2) is 0 Å². The zero-order valence-corrected chi connectivity index (χ0v) is 34.1. The zero-order chi connectivity index (χ0) is 39.0. The number of aromatic nitrogens is 2. The van der Waals surface area contributed by atoms with Crippen molar-refractivity contribution >= 4 is 77.4 Å². The molecule has 0 radical (unpaired) electrons. The second-order valence-corrected chi connectivity index (χ2v) is 18.5. The van der Waals surface area contributed by atoms with Gasteiger partial charge in [-0.3, -0.25) is 4.79 Å². The maximum atomic E-state index is 12.1. The average molecular weight is 789 g/mol. The lowest BCUT2D eigenvalue weighted by Crippen LogP contribution is -2.41. The molecule has 1 unspecified atom stereocenters. The number of nitrogens with one attached hydrogen (secondary N) is 2. The number of anilines is 1. The van der Waals surface area contributed by atoms with E-state index in [-0.39, 0.29) is 30.1 Å². The largest absolute Gasteiger partial charge is 0.444 e. The van der Waals surface area contributed by atoms with E-state index in [1.54, 1.807) is 34.0 Å². The minimum atomic E-state index is -0.489. The van der Waals surface area contributed by atoms with Crippen LogP contribution in [0.25, 0.3) is 31.0 Å². The summed E-state index contributed by atoms with van der Waals surface area (Å²) in [6, 6.07) is 18.4. The highest BCUT2D eigenvalue weighted by Gasteiger charge is 2.29. The number of thiazole rings is 2. The van der Waals surface area contributed by atoms with E-state index in [0.29, 0.717) is 19.3 Å². The second kappa shape index (κ2) is 17.7. The van der Waals surface area contributed by atoms with E-state index in [1.165, 1.54) is 15.1 Å². The van der Waals surface area contributed by atoms with Crippen LogP contribution in [0.15, 0.2) is 48.5 Å². The Morgan fingerprint density at radius 3 is 1.91 bits per heavy atom. The van der Waals surface area contributed by atoms with Crippen LogP contribution in [0.5, 0.6) is 0 Å². The number of amides is 2. The van der Waals surface area contributed by atoms with E-state index in [9.17, 15) is 14.4 Å². The first-order valence-electron chi connectivity index (χ1n) is 18.0. The molecule has 2 aliphatic carbocycles. The van der Waals surface area contributed by atoms with Crippen LogP contribution in [0.2, 0.25) is 0 Å². The van der Waals surface area contributed by atoms with Gasteiger partial charge in [-0.15, -0.1) is 34.0 Å². The van der Waals surface area contributed by atoms with Gasteiger partial charge in [-0.05, 0) is 97.1 Å².